The second kappa shape index (κ2) is 6.73. The third-order valence-corrected chi connectivity index (χ3v) is 5.64. The normalized spacial score (nSPS) is 19.3. The summed E-state index contributed by atoms with van der Waals surface area (Å²) in [4.78, 5) is 2.39. The fourth-order valence-electron chi connectivity index (χ4n) is 4.09. The Morgan fingerprint density at radius 2 is 1.65 bits per heavy atom. The lowest BCUT2D eigenvalue weighted by Crippen LogP contribution is -2.36. The quantitative estimate of drug-likeness (QED) is 0.772. The van der Waals surface area contributed by atoms with Crippen molar-refractivity contribution >= 4 is 23.2 Å². The number of nitrogens with zero attached hydrogens (tertiary/aromatic N) is 2. The molecule has 2 heterocycles. The van der Waals surface area contributed by atoms with Crippen molar-refractivity contribution in [2.75, 3.05) is 38.3 Å². The molecule has 4 rings (SSSR count). The van der Waals surface area contributed by atoms with Gasteiger partial charge < -0.3 is 9.64 Å². The van der Waals surface area contributed by atoms with Crippen LogP contribution in [0.1, 0.15) is 25.0 Å². The Balaban J connectivity index is 1.56. The summed E-state index contributed by atoms with van der Waals surface area (Å²) in [5, 5.41) is 0. The van der Waals surface area contributed by atoms with E-state index in [1.165, 1.54) is 28.2 Å². The summed E-state index contributed by atoms with van der Waals surface area (Å²) >= 11 is 0. The molecule has 0 radical (unpaired) electrons. The first-order valence-electron chi connectivity index (χ1n) is 9.39. The Kier molecular flexibility index (Phi) is 4.41. The van der Waals surface area contributed by atoms with E-state index >= 15 is 0 Å². The lowest BCUT2D eigenvalue weighted by atomic mass is 9.81. The number of para-hydroxylation sites is 1. The second-order valence-corrected chi connectivity index (χ2v) is 7.61. The molecule has 0 bridgehead atoms. The number of anilines is 1. The van der Waals surface area contributed by atoms with E-state index in [1.807, 2.05) is 0 Å². The highest BCUT2D eigenvalue weighted by Gasteiger charge is 2.42. The molecule has 0 aromatic heterocycles. The summed E-state index contributed by atoms with van der Waals surface area (Å²) in [7, 11) is 2.16. The van der Waals surface area contributed by atoms with Crippen LogP contribution in [0.5, 0.6) is 0 Å². The molecule has 1 saturated heterocycles. The van der Waals surface area contributed by atoms with E-state index in [9.17, 15) is 0 Å². The van der Waals surface area contributed by atoms with Gasteiger partial charge in [0.1, 0.15) is 7.05 Å². The van der Waals surface area contributed by atoms with Gasteiger partial charge in [0, 0.05) is 36.5 Å². The van der Waals surface area contributed by atoms with E-state index in [0.717, 1.165) is 26.3 Å². The van der Waals surface area contributed by atoms with Crippen LogP contribution < -0.4 is 4.90 Å². The Bertz CT molecular complexity index is 856. The molecule has 134 valence electrons. The Morgan fingerprint density at radius 1 is 0.962 bits per heavy atom. The fourth-order valence-corrected chi connectivity index (χ4v) is 4.09. The monoisotopic (exact) mass is 347 g/mol. The van der Waals surface area contributed by atoms with Crippen molar-refractivity contribution in [2.45, 2.75) is 19.3 Å². The summed E-state index contributed by atoms with van der Waals surface area (Å²) in [5.74, 6) is 0. The summed E-state index contributed by atoms with van der Waals surface area (Å²) in [5.41, 5.74) is 6.56. The molecule has 0 spiro atoms. The number of hydrogen-bond acceptors (Lipinski definition) is 2. The number of fused-ring (bicyclic) bond motifs is 1. The van der Waals surface area contributed by atoms with Gasteiger partial charge in [-0.15, -0.1) is 0 Å². The van der Waals surface area contributed by atoms with E-state index in [2.05, 4.69) is 91.1 Å². The molecule has 2 aromatic rings. The van der Waals surface area contributed by atoms with Gasteiger partial charge in [-0.1, -0.05) is 30.3 Å². The van der Waals surface area contributed by atoms with Gasteiger partial charge in [-0.05, 0) is 37.6 Å². The zero-order valence-corrected chi connectivity index (χ0v) is 15.9. The standard InChI is InChI=1S/C23H27N2O/c1-23(2)20-6-4-5-7-21(20)24(3)22(23)13-10-18-8-11-19(12-9-18)25-14-16-26-17-15-25/h4-13H,14-17H2,1-3H3/q+1. The molecule has 0 N–H and O–H groups in total. The Morgan fingerprint density at radius 3 is 2.35 bits per heavy atom. The van der Waals surface area contributed by atoms with Crippen LogP contribution in [0.2, 0.25) is 0 Å². The molecule has 0 saturated carbocycles. The number of allylic oxidation sites excluding steroid dienone is 1. The van der Waals surface area contributed by atoms with Crippen molar-refractivity contribution < 1.29 is 9.31 Å². The minimum absolute atomic E-state index is 0.0234. The van der Waals surface area contributed by atoms with Crippen molar-refractivity contribution in [1.82, 2.24) is 0 Å². The maximum atomic E-state index is 5.44. The molecule has 1 fully saturated rings. The molecule has 2 aromatic carbocycles. The molecule has 3 nitrogen and oxygen atoms in total. The molecule has 0 amide bonds. The number of ether oxygens (including phenoxy) is 1. The first-order chi connectivity index (χ1) is 12.6. The highest BCUT2D eigenvalue weighted by atomic mass is 16.5. The van der Waals surface area contributed by atoms with Crippen molar-refractivity contribution in [2.24, 2.45) is 0 Å². The van der Waals surface area contributed by atoms with Gasteiger partial charge in [0.05, 0.1) is 18.6 Å². The molecule has 0 unspecified atom stereocenters. The van der Waals surface area contributed by atoms with E-state index < -0.39 is 0 Å². The maximum absolute atomic E-state index is 5.44. The first kappa shape index (κ1) is 17.0. The molecule has 0 aliphatic carbocycles. The van der Waals surface area contributed by atoms with Crippen LogP contribution in [0.4, 0.5) is 11.4 Å². The minimum Gasteiger partial charge on any atom is -0.378 e. The summed E-state index contributed by atoms with van der Waals surface area (Å²) in [6.07, 6.45) is 4.49. The highest BCUT2D eigenvalue weighted by molar-refractivity contribution is 6.05. The largest absolute Gasteiger partial charge is 0.378 e. The molecule has 26 heavy (non-hydrogen) atoms. The molecular weight excluding hydrogens is 320 g/mol. The zero-order chi connectivity index (χ0) is 18.1. The highest BCUT2D eigenvalue weighted by Crippen LogP contribution is 2.39. The van der Waals surface area contributed by atoms with Gasteiger partial charge in [-0.25, -0.2) is 0 Å². The molecule has 3 heteroatoms. The summed E-state index contributed by atoms with van der Waals surface area (Å²) in [6.45, 7) is 8.20. The average molecular weight is 347 g/mol. The zero-order valence-electron chi connectivity index (χ0n) is 15.9. The Labute approximate surface area is 156 Å². The molecule has 2 aliphatic rings. The number of morpholine rings is 1. The maximum Gasteiger partial charge on any atom is 0.209 e. The van der Waals surface area contributed by atoms with E-state index in [1.54, 1.807) is 0 Å². The lowest BCUT2D eigenvalue weighted by Gasteiger charge is -2.28. The van der Waals surface area contributed by atoms with Crippen molar-refractivity contribution in [1.29, 1.82) is 0 Å². The minimum atomic E-state index is 0.0234. The molecule has 0 atom stereocenters. The predicted molar refractivity (Wildman–Crippen MR) is 109 cm³/mol. The topological polar surface area (TPSA) is 15.5 Å². The van der Waals surface area contributed by atoms with Crippen LogP contribution in [0.3, 0.4) is 0 Å². The smallest absolute Gasteiger partial charge is 0.209 e. The third kappa shape index (κ3) is 2.97. The van der Waals surface area contributed by atoms with Crippen molar-refractivity contribution in [3.05, 3.63) is 65.7 Å². The van der Waals surface area contributed by atoms with Crippen LogP contribution in [0.25, 0.3) is 6.08 Å². The van der Waals surface area contributed by atoms with E-state index in [0.29, 0.717) is 0 Å². The third-order valence-electron chi connectivity index (χ3n) is 5.64. The lowest BCUT2D eigenvalue weighted by molar-refractivity contribution is -0.401. The van der Waals surface area contributed by atoms with E-state index in [-0.39, 0.29) is 5.41 Å². The van der Waals surface area contributed by atoms with Gasteiger partial charge in [0.15, 0.2) is 5.71 Å². The SMILES string of the molecule is C[N+]1=C(/C=C/c2ccc(N3CCOCC3)cc2)C(C)(C)c2ccccc21. The van der Waals surface area contributed by atoms with Crippen LogP contribution >= 0.6 is 0 Å². The fraction of sp³-hybridized carbons (Fsp3) is 0.348. The van der Waals surface area contributed by atoms with Crippen LogP contribution in [-0.4, -0.2) is 43.6 Å². The van der Waals surface area contributed by atoms with Gasteiger partial charge in [0.2, 0.25) is 5.69 Å². The van der Waals surface area contributed by atoms with Crippen molar-refractivity contribution in [3.63, 3.8) is 0 Å². The van der Waals surface area contributed by atoms with Gasteiger partial charge >= 0.3 is 0 Å². The number of rotatable bonds is 3. The Hall–Kier alpha value is -2.39. The molecule has 2 aliphatic heterocycles. The number of hydrogen-bond donors (Lipinski definition) is 0. The first-order valence-corrected chi connectivity index (χ1v) is 9.39. The van der Waals surface area contributed by atoms with Gasteiger partial charge in [0.25, 0.3) is 0 Å². The van der Waals surface area contributed by atoms with Gasteiger partial charge in [-0.2, -0.15) is 4.58 Å². The molecular formula is C23H27N2O+. The summed E-state index contributed by atoms with van der Waals surface area (Å²) in [6, 6.07) is 17.5. The second-order valence-electron chi connectivity index (χ2n) is 7.61. The van der Waals surface area contributed by atoms with Crippen LogP contribution in [0.15, 0.2) is 54.6 Å². The van der Waals surface area contributed by atoms with E-state index in [4.69, 9.17) is 4.74 Å². The van der Waals surface area contributed by atoms with Crippen molar-refractivity contribution in [3.8, 4) is 0 Å². The van der Waals surface area contributed by atoms with Crippen LogP contribution in [-0.2, 0) is 10.2 Å². The number of benzene rings is 2. The average Bonchev–Trinajstić information content (AvgIpc) is 2.88. The van der Waals surface area contributed by atoms with Crippen LogP contribution in [0, 0.1) is 0 Å². The predicted octanol–water partition coefficient (Wildman–Crippen LogP) is 4.24. The summed E-state index contributed by atoms with van der Waals surface area (Å²) < 4.78 is 7.75. The van der Waals surface area contributed by atoms with Gasteiger partial charge in [-0.3, -0.25) is 0 Å².